The Morgan fingerprint density at radius 1 is 0.844 bits per heavy atom. The van der Waals surface area contributed by atoms with Crippen molar-refractivity contribution in [2.45, 2.75) is 37.1 Å². The van der Waals surface area contributed by atoms with E-state index in [1.807, 2.05) is 29.2 Å². The van der Waals surface area contributed by atoms with Gasteiger partial charge in [0.05, 0.1) is 4.90 Å². The van der Waals surface area contributed by atoms with Crippen LogP contribution in [0.3, 0.4) is 0 Å². The summed E-state index contributed by atoms with van der Waals surface area (Å²) in [5, 5.41) is 0.728. The van der Waals surface area contributed by atoms with E-state index in [0.717, 1.165) is 50.3 Å². The first kappa shape index (κ1) is 23.2. The van der Waals surface area contributed by atoms with E-state index in [4.69, 9.17) is 11.6 Å². The molecule has 0 N–H and O–H groups in total. The zero-order valence-electron chi connectivity index (χ0n) is 18.2. The standard InChI is InChI=1S/C24H30ClN3O3S/c25-22-10-8-20(9-11-22)19-26-12-5-13-27(17-16-26)24(29)21-6-4-7-23(18-21)32(30,31)28-14-2-1-3-15-28/h4,6-11,18H,1-3,5,12-17,19H2. The maximum atomic E-state index is 13.2. The third kappa shape index (κ3) is 5.52. The van der Waals surface area contributed by atoms with E-state index in [1.54, 1.807) is 28.6 Å². The molecule has 4 rings (SSSR count). The molecule has 2 aromatic rings. The topological polar surface area (TPSA) is 60.9 Å². The third-order valence-electron chi connectivity index (χ3n) is 6.23. The quantitative estimate of drug-likeness (QED) is 0.658. The van der Waals surface area contributed by atoms with Crippen LogP contribution in [0.1, 0.15) is 41.6 Å². The lowest BCUT2D eigenvalue weighted by Crippen LogP contribution is -2.36. The van der Waals surface area contributed by atoms with Gasteiger partial charge in [-0.2, -0.15) is 4.31 Å². The van der Waals surface area contributed by atoms with Gasteiger partial charge in [0.1, 0.15) is 0 Å². The van der Waals surface area contributed by atoms with E-state index in [1.165, 1.54) is 5.56 Å². The molecule has 2 fully saturated rings. The van der Waals surface area contributed by atoms with Crippen molar-refractivity contribution in [3.05, 3.63) is 64.7 Å². The van der Waals surface area contributed by atoms with E-state index in [2.05, 4.69) is 4.90 Å². The van der Waals surface area contributed by atoms with Gasteiger partial charge >= 0.3 is 0 Å². The average Bonchev–Trinajstić information content (AvgIpc) is 3.06. The fourth-order valence-electron chi connectivity index (χ4n) is 4.41. The van der Waals surface area contributed by atoms with Gasteiger partial charge in [0, 0.05) is 56.4 Å². The molecule has 2 aliphatic heterocycles. The van der Waals surface area contributed by atoms with Gasteiger partial charge in [-0.15, -0.1) is 0 Å². The molecule has 2 aliphatic rings. The van der Waals surface area contributed by atoms with Crippen LogP contribution in [-0.4, -0.2) is 67.7 Å². The van der Waals surface area contributed by atoms with Crippen molar-refractivity contribution in [2.24, 2.45) is 0 Å². The Labute approximate surface area is 195 Å². The lowest BCUT2D eigenvalue weighted by atomic mass is 10.2. The Morgan fingerprint density at radius 2 is 1.59 bits per heavy atom. The van der Waals surface area contributed by atoms with Crippen LogP contribution in [0.4, 0.5) is 0 Å². The Hall–Kier alpha value is -1.93. The molecule has 2 saturated heterocycles. The van der Waals surface area contributed by atoms with Gasteiger partial charge < -0.3 is 4.90 Å². The van der Waals surface area contributed by atoms with Gasteiger partial charge in [-0.3, -0.25) is 9.69 Å². The molecule has 1 amide bonds. The van der Waals surface area contributed by atoms with Crippen molar-refractivity contribution in [1.29, 1.82) is 0 Å². The highest BCUT2D eigenvalue weighted by Crippen LogP contribution is 2.22. The van der Waals surface area contributed by atoms with Crippen molar-refractivity contribution in [1.82, 2.24) is 14.1 Å². The summed E-state index contributed by atoms with van der Waals surface area (Å²) in [5.41, 5.74) is 1.64. The molecule has 0 unspecified atom stereocenters. The number of benzene rings is 2. The molecule has 2 heterocycles. The molecule has 2 aromatic carbocycles. The molecule has 8 heteroatoms. The first-order chi connectivity index (χ1) is 15.4. The molecule has 172 valence electrons. The molecule has 6 nitrogen and oxygen atoms in total. The number of nitrogens with zero attached hydrogens (tertiary/aromatic N) is 3. The highest BCUT2D eigenvalue weighted by atomic mass is 35.5. The normalized spacial score (nSPS) is 19.0. The van der Waals surface area contributed by atoms with Crippen molar-refractivity contribution in [3.8, 4) is 0 Å². The summed E-state index contributed by atoms with van der Waals surface area (Å²) in [5.74, 6) is -0.103. The van der Waals surface area contributed by atoms with Crippen LogP contribution in [0.5, 0.6) is 0 Å². The molecular weight excluding hydrogens is 446 g/mol. The third-order valence-corrected chi connectivity index (χ3v) is 8.38. The largest absolute Gasteiger partial charge is 0.337 e. The first-order valence-electron chi connectivity index (χ1n) is 11.3. The number of amides is 1. The minimum Gasteiger partial charge on any atom is -0.337 e. The number of halogens is 1. The second kappa shape index (κ2) is 10.3. The van der Waals surface area contributed by atoms with Crippen LogP contribution in [0, 0.1) is 0 Å². The summed E-state index contributed by atoms with van der Waals surface area (Å²) in [6.07, 6.45) is 3.72. The summed E-state index contributed by atoms with van der Waals surface area (Å²) in [6, 6.07) is 14.4. The zero-order valence-corrected chi connectivity index (χ0v) is 19.8. The predicted molar refractivity (Wildman–Crippen MR) is 126 cm³/mol. The van der Waals surface area contributed by atoms with Gasteiger partial charge in [0.15, 0.2) is 0 Å². The van der Waals surface area contributed by atoms with Crippen LogP contribution in [0.15, 0.2) is 53.4 Å². The Bertz CT molecular complexity index is 1040. The van der Waals surface area contributed by atoms with E-state index in [0.29, 0.717) is 31.7 Å². The molecule has 0 aromatic heterocycles. The van der Waals surface area contributed by atoms with Gasteiger partial charge in [0.25, 0.3) is 5.91 Å². The molecule has 0 aliphatic carbocycles. The Balaban J connectivity index is 1.42. The maximum absolute atomic E-state index is 13.2. The lowest BCUT2D eigenvalue weighted by Gasteiger charge is -2.26. The van der Waals surface area contributed by atoms with Crippen molar-refractivity contribution >= 4 is 27.5 Å². The second-order valence-corrected chi connectivity index (χ2v) is 10.9. The Morgan fingerprint density at radius 3 is 2.34 bits per heavy atom. The maximum Gasteiger partial charge on any atom is 0.253 e. The predicted octanol–water partition coefficient (Wildman–Crippen LogP) is 3.86. The van der Waals surface area contributed by atoms with E-state index in [9.17, 15) is 13.2 Å². The molecular formula is C24H30ClN3O3S. The van der Waals surface area contributed by atoms with Crippen molar-refractivity contribution < 1.29 is 13.2 Å². The minimum atomic E-state index is -3.56. The highest BCUT2D eigenvalue weighted by molar-refractivity contribution is 7.89. The zero-order chi connectivity index (χ0) is 22.6. The molecule has 0 saturated carbocycles. The Kier molecular flexibility index (Phi) is 7.51. The number of hydrogen-bond acceptors (Lipinski definition) is 4. The molecule has 0 bridgehead atoms. The SMILES string of the molecule is O=C(c1cccc(S(=O)(=O)N2CCCCC2)c1)N1CCCN(Cc2ccc(Cl)cc2)CC1. The molecule has 0 spiro atoms. The summed E-state index contributed by atoms with van der Waals surface area (Å²) in [6.45, 7) is 4.90. The van der Waals surface area contributed by atoms with E-state index in [-0.39, 0.29) is 10.8 Å². The first-order valence-corrected chi connectivity index (χ1v) is 13.1. The number of sulfonamides is 1. The minimum absolute atomic E-state index is 0.103. The summed E-state index contributed by atoms with van der Waals surface area (Å²) >= 11 is 5.98. The lowest BCUT2D eigenvalue weighted by molar-refractivity contribution is 0.0761. The highest BCUT2D eigenvalue weighted by Gasteiger charge is 2.27. The van der Waals surface area contributed by atoms with Crippen LogP contribution in [0.25, 0.3) is 0 Å². The van der Waals surface area contributed by atoms with Gasteiger partial charge in [0.2, 0.25) is 10.0 Å². The fraction of sp³-hybridized carbons (Fsp3) is 0.458. The van der Waals surface area contributed by atoms with Crippen LogP contribution >= 0.6 is 11.6 Å². The van der Waals surface area contributed by atoms with Crippen molar-refractivity contribution in [2.75, 3.05) is 39.3 Å². The fourth-order valence-corrected chi connectivity index (χ4v) is 6.10. The molecule has 0 atom stereocenters. The monoisotopic (exact) mass is 475 g/mol. The number of hydrogen-bond donors (Lipinski definition) is 0. The van der Waals surface area contributed by atoms with Crippen LogP contribution < -0.4 is 0 Å². The van der Waals surface area contributed by atoms with E-state index >= 15 is 0 Å². The van der Waals surface area contributed by atoms with Gasteiger partial charge in [-0.05, 0) is 55.2 Å². The molecule has 32 heavy (non-hydrogen) atoms. The summed E-state index contributed by atoms with van der Waals surface area (Å²) in [4.78, 5) is 17.6. The average molecular weight is 476 g/mol. The summed E-state index contributed by atoms with van der Waals surface area (Å²) in [7, 11) is -3.56. The van der Waals surface area contributed by atoms with Crippen molar-refractivity contribution in [3.63, 3.8) is 0 Å². The number of rotatable bonds is 5. The number of carbonyl (C=O) groups excluding carboxylic acids is 1. The summed E-state index contributed by atoms with van der Waals surface area (Å²) < 4.78 is 27.6. The van der Waals surface area contributed by atoms with Gasteiger partial charge in [-0.1, -0.05) is 36.2 Å². The van der Waals surface area contributed by atoms with Gasteiger partial charge in [-0.25, -0.2) is 8.42 Å². The van der Waals surface area contributed by atoms with Crippen LogP contribution in [-0.2, 0) is 16.6 Å². The molecule has 0 radical (unpaired) electrons. The second-order valence-electron chi connectivity index (χ2n) is 8.54. The van der Waals surface area contributed by atoms with Crippen LogP contribution in [0.2, 0.25) is 5.02 Å². The van der Waals surface area contributed by atoms with E-state index < -0.39 is 10.0 Å². The number of piperidine rings is 1. The number of carbonyl (C=O) groups is 1. The smallest absolute Gasteiger partial charge is 0.253 e.